The first-order valence-corrected chi connectivity index (χ1v) is 7.75. The Labute approximate surface area is 134 Å². The minimum absolute atomic E-state index is 0.236. The Hall–Kier alpha value is -1.97. The van der Waals surface area contributed by atoms with Gasteiger partial charge in [0.1, 0.15) is 12.2 Å². The number of rotatable bonds is 9. The predicted molar refractivity (Wildman–Crippen MR) is 89.8 cm³/mol. The molecule has 0 aromatic heterocycles. The van der Waals surface area contributed by atoms with Crippen molar-refractivity contribution in [3.8, 4) is 23.7 Å². The second kappa shape index (κ2) is 14.0. The predicted octanol–water partition coefficient (Wildman–Crippen LogP) is 3.39. The molecule has 0 aromatic carbocycles. The zero-order valence-corrected chi connectivity index (χ0v) is 13.6. The number of allylic oxidation sites excluding steroid dienone is 1. The first-order chi connectivity index (χ1) is 10.6. The van der Waals surface area contributed by atoms with Crippen molar-refractivity contribution in [1.82, 2.24) is 0 Å². The van der Waals surface area contributed by atoms with Crippen LogP contribution in [0.25, 0.3) is 0 Å². The molecular formula is C19H26O3. The number of carbonyl (C=O) groups excluding carboxylic acids is 1. The lowest BCUT2D eigenvalue weighted by molar-refractivity contribution is -0.144. The Morgan fingerprint density at radius 1 is 1.27 bits per heavy atom. The van der Waals surface area contributed by atoms with Gasteiger partial charge in [-0.3, -0.25) is 4.79 Å². The SMILES string of the molecule is C=C[C@H](O)C#CC#C/C=C/[C@@H](CCCCCCC)OC(C)=O. The van der Waals surface area contributed by atoms with E-state index in [1.165, 1.54) is 32.3 Å². The van der Waals surface area contributed by atoms with Gasteiger partial charge in [-0.05, 0) is 36.8 Å². The molecule has 0 unspecified atom stereocenters. The van der Waals surface area contributed by atoms with Crippen molar-refractivity contribution >= 4 is 5.97 Å². The monoisotopic (exact) mass is 302 g/mol. The molecule has 0 aliphatic rings. The highest BCUT2D eigenvalue weighted by Gasteiger charge is 2.07. The molecule has 1 N–H and O–H groups in total. The van der Waals surface area contributed by atoms with Crippen LogP contribution in [0, 0.1) is 23.7 Å². The van der Waals surface area contributed by atoms with E-state index in [1.54, 1.807) is 12.2 Å². The lowest BCUT2D eigenvalue weighted by atomic mass is 10.1. The van der Waals surface area contributed by atoms with Crippen LogP contribution in [0.4, 0.5) is 0 Å². The van der Waals surface area contributed by atoms with Crippen molar-refractivity contribution in [2.45, 2.75) is 64.6 Å². The second-order valence-corrected chi connectivity index (χ2v) is 4.93. The maximum atomic E-state index is 11.1. The standard InChI is InChI=1S/C19H26O3/c1-4-6-7-8-12-15-19(22-17(3)20)16-13-10-9-11-14-18(21)5-2/h5,13,16,18-19,21H,2,4,6-8,12,15H2,1,3H3/b16-13+/t18-,19+/m0/s1. The second-order valence-electron chi connectivity index (χ2n) is 4.93. The van der Waals surface area contributed by atoms with E-state index in [9.17, 15) is 4.79 Å². The molecule has 3 heteroatoms. The van der Waals surface area contributed by atoms with Gasteiger partial charge < -0.3 is 9.84 Å². The molecule has 0 heterocycles. The van der Waals surface area contributed by atoms with Gasteiger partial charge in [-0.2, -0.15) is 0 Å². The summed E-state index contributed by atoms with van der Waals surface area (Å²) in [6.07, 6.45) is 10.3. The molecule has 2 atom stereocenters. The van der Waals surface area contributed by atoms with Crippen molar-refractivity contribution in [3.63, 3.8) is 0 Å². The van der Waals surface area contributed by atoms with Crippen LogP contribution in [-0.2, 0) is 9.53 Å². The largest absolute Gasteiger partial charge is 0.458 e. The van der Waals surface area contributed by atoms with Crippen LogP contribution >= 0.6 is 0 Å². The van der Waals surface area contributed by atoms with Crippen molar-refractivity contribution in [3.05, 3.63) is 24.8 Å². The zero-order valence-electron chi connectivity index (χ0n) is 13.6. The molecule has 0 spiro atoms. The lowest BCUT2D eigenvalue weighted by Crippen LogP contribution is -2.13. The number of aliphatic hydroxyl groups excluding tert-OH is 1. The Bertz CT molecular complexity index is 468. The fourth-order valence-corrected chi connectivity index (χ4v) is 1.76. The van der Waals surface area contributed by atoms with Gasteiger partial charge in [0.05, 0.1) is 0 Å². The molecule has 0 bridgehead atoms. The molecule has 0 radical (unpaired) electrons. The Kier molecular flexibility index (Phi) is 12.7. The molecule has 0 amide bonds. The van der Waals surface area contributed by atoms with Gasteiger partial charge in [0.15, 0.2) is 0 Å². The Morgan fingerprint density at radius 3 is 2.64 bits per heavy atom. The number of aliphatic hydroxyl groups is 1. The van der Waals surface area contributed by atoms with E-state index < -0.39 is 6.10 Å². The van der Waals surface area contributed by atoms with E-state index in [-0.39, 0.29) is 12.1 Å². The third-order valence-corrected chi connectivity index (χ3v) is 2.88. The molecule has 0 aromatic rings. The van der Waals surface area contributed by atoms with Crippen LogP contribution < -0.4 is 0 Å². The van der Waals surface area contributed by atoms with Crippen LogP contribution in [0.3, 0.4) is 0 Å². The van der Waals surface area contributed by atoms with Crippen LogP contribution in [0.5, 0.6) is 0 Å². The van der Waals surface area contributed by atoms with Gasteiger partial charge in [0.2, 0.25) is 0 Å². The van der Waals surface area contributed by atoms with E-state index in [1.807, 2.05) is 0 Å². The molecule has 3 nitrogen and oxygen atoms in total. The molecule has 0 aliphatic carbocycles. The number of unbranched alkanes of at least 4 members (excludes halogenated alkanes) is 4. The number of esters is 1. The maximum Gasteiger partial charge on any atom is 0.303 e. The van der Waals surface area contributed by atoms with Crippen LogP contribution in [0.15, 0.2) is 24.8 Å². The van der Waals surface area contributed by atoms with Crippen molar-refractivity contribution in [1.29, 1.82) is 0 Å². The average molecular weight is 302 g/mol. The Balaban J connectivity index is 4.29. The number of ether oxygens (including phenoxy) is 1. The molecule has 0 saturated carbocycles. The number of carbonyl (C=O) groups is 1. The zero-order chi connectivity index (χ0) is 16.6. The summed E-state index contributed by atoms with van der Waals surface area (Å²) in [6.45, 7) is 7.00. The van der Waals surface area contributed by atoms with Gasteiger partial charge in [0.25, 0.3) is 0 Å². The van der Waals surface area contributed by atoms with Crippen LogP contribution in [0.1, 0.15) is 52.4 Å². The topological polar surface area (TPSA) is 46.5 Å². The summed E-state index contributed by atoms with van der Waals surface area (Å²) in [5.41, 5.74) is 0. The van der Waals surface area contributed by atoms with Crippen molar-refractivity contribution in [2.24, 2.45) is 0 Å². The van der Waals surface area contributed by atoms with E-state index in [2.05, 4.69) is 37.2 Å². The summed E-state index contributed by atoms with van der Waals surface area (Å²) in [6, 6.07) is 0. The van der Waals surface area contributed by atoms with E-state index in [0.717, 1.165) is 19.3 Å². The summed E-state index contributed by atoms with van der Waals surface area (Å²) >= 11 is 0. The van der Waals surface area contributed by atoms with Gasteiger partial charge in [0, 0.05) is 6.92 Å². The van der Waals surface area contributed by atoms with Crippen LogP contribution in [0.2, 0.25) is 0 Å². The van der Waals surface area contributed by atoms with E-state index in [0.29, 0.717) is 0 Å². The number of hydrogen-bond donors (Lipinski definition) is 1. The fourth-order valence-electron chi connectivity index (χ4n) is 1.76. The van der Waals surface area contributed by atoms with Crippen molar-refractivity contribution in [2.75, 3.05) is 0 Å². The van der Waals surface area contributed by atoms with E-state index >= 15 is 0 Å². The van der Waals surface area contributed by atoms with Crippen molar-refractivity contribution < 1.29 is 14.6 Å². The van der Waals surface area contributed by atoms with E-state index in [4.69, 9.17) is 9.84 Å². The summed E-state index contributed by atoms with van der Waals surface area (Å²) in [4.78, 5) is 11.1. The van der Waals surface area contributed by atoms with Gasteiger partial charge in [-0.25, -0.2) is 0 Å². The minimum Gasteiger partial charge on any atom is -0.458 e. The van der Waals surface area contributed by atoms with Gasteiger partial charge in [-0.15, -0.1) is 0 Å². The number of hydrogen-bond acceptors (Lipinski definition) is 3. The molecule has 22 heavy (non-hydrogen) atoms. The highest BCUT2D eigenvalue weighted by molar-refractivity contribution is 5.66. The maximum absolute atomic E-state index is 11.1. The summed E-state index contributed by atoms with van der Waals surface area (Å²) in [5, 5.41) is 9.13. The molecule has 0 aliphatic heterocycles. The highest BCUT2D eigenvalue weighted by Crippen LogP contribution is 2.10. The average Bonchev–Trinajstić information content (AvgIpc) is 2.49. The molecule has 0 rings (SSSR count). The normalized spacial score (nSPS) is 12.5. The smallest absolute Gasteiger partial charge is 0.303 e. The first-order valence-electron chi connectivity index (χ1n) is 7.75. The minimum atomic E-state index is -0.852. The summed E-state index contributed by atoms with van der Waals surface area (Å²) in [5.74, 6) is 10.1. The van der Waals surface area contributed by atoms with Crippen LogP contribution in [-0.4, -0.2) is 23.3 Å². The lowest BCUT2D eigenvalue weighted by Gasteiger charge is -2.12. The third-order valence-electron chi connectivity index (χ3n) is 2.88. The molecular weight excluding hydrogens is 276 g/mol. The first kappa shape index (κ1) is 20.0. The molecule has 0 saturated heterocycles. The molecule has 120 valence electrons. The third kappa shape index (κ3) is 13.0. The van der Waals surface area contributed by atoms with Gasteiger partial charge >= 0.3 is 5.97 Å². The molecule has 0 fully saturated rings. The summed E-state index contributed by atoms with van der Waals surface area (Å²) < 4.78 is 5.24. The fraction of sp³-hybridized carbons (Fsp3) is 0.526. The quantitative estimate of drug-likeness (QED) is 0.307. The summed E-state index contributed by atoms with van der Waals surface area (Å²) in [7, 11) is 0. The van der Waals surface area contributed by atoms with Gasteiger partial charge in [-0.1, -0.05) is 57.1 Å². The highest BCUT2D eigenvalue weighted by atomic mass is 16.5. The Morgan fingerprint density at radius 2 is 2.00 bits per heavy atom.